The quantitative estimate of drug-likeness (QED) is 0.864. The molecule has 0 aromatic heterocycles. The van der Waals surface area contributed by atoms with E-state index in [9.17, 15) is 18.3 Å². The lowest BCUT2D eigenvalue weighted by atomic mass is 9.75. The third-order valence-electron chi connectivity index (χ3n) is 4.04. The van der Waals surface area contributed by atoms with Crippen molar-refractivity contribution >= 4 is 0 Å². The molecule has 1 saturated carbocycles. The van der Waals surface area contributed by atoms with Crippen molar-refractivity contribution in [3.8, 4) is 0 Å². The number of hydrogen-bond donors (Lipinski definition) is 1. The monoisotopic (exact) mass is 272 g/mol. The molecule has 0 aliphatic heterocycles. The molecule has 4 heteroatoms. The standard InChI is InChI=1S/C15H19F3O/c1-10-8-12(15(16,17)18)6-7-13(10)14(2,19)9-11-4-3-5-11/h6-8,11,19H,3-5,9H2,1-2H3. The van der Waals surface area contributed by atoms with Crippen LogP contribution >= 0.6 is 0 Å². The smallest absolute Gasteiger partial charge is 0.385 e. The molecule has 19 heavy (non-hydrogen) atoms. The lowest BCUT2D eigenvalue weighted by Gasteiger charge is -2.34. The van der Waals surface area contributed by atoms with Crippen LogP contribution < -0.4 is 0 Å². The molecule has 1 fully saturated rings. The average molecular weight is 272 g/mol. The minimum atomic E-state index is -4.33. The third-order valence-corrected chi connectivity index (χ3v) is 4.04. The van der Waals surface area contributed by atoms with Gasteiger partial charge in [0.15, 0.2) is 0 Å². The average Bonchev–Trinajstić information content (AvgIpc) is 2.22. The number of rotatable bonds is 3. The third kappa shape index (κ3) is 3.11. The molecule has 1 aromatic rings. The number of benzene rings is 1. The van der Waals surface area contributed by atoms with Crippen LogP contribution in [0.5, 0.6) is 0 Å². The van der Waals surface area contributed by atoms with E-state index in [1.807, 2.05) is 0 Å². The van der Waals surface area contributed by atoms with E-state index < -0.39 is 17.3 Å². The van der Waals surface area contributed by atoms with Crippen molar-refractivity contribution in [1.82, 2.24) is 0 Å². The lowest BCUT2D eigenvalue weighted by molar-refractivity contribution is -0.137. The number of hydrogen-bond acceptors (Lipinski definition) is 1. The van der Waals surface area contributed by atoms with Gasteiger partial charge in [0.25, 0.3) is 0 Å². The molecule has 2 rings (SSSR count). The summed E-state index contributed by atoms with van der Waals surface area (Å²) in [5.41, 5.74) is -0.598. The summed E-state index contributed by atoms with van der Waals surface area (Å²) in [5.74, 6) is 0.497. The molecular weight excluding hydrogens is 253 g/mol. The van der Waals surface area contributed by atoms with Gasteiger partial charge in [0.05, 0.1) is 11.2 Å². The number of alkyl halides is 3. The van der Waals surface area contributed by atoms with E-state index in [4.69, 9.17) is 0 Å². The van der Waals surface area contributed by atoms with Gasteiger partial charge in [0.2, 0.25) is 0 Å². The Kier molecular flexibility index (Phi) is 3.65. The lowest BCUT2D eigenvalue weighted by Crippen LogP contribution is -2.29. The van der Waals surface area contributed by atoms with Gasteiger partial charge in [-0.1, -0.05) is 25.3 Å². The predicted octanol–water partition coefficient (Wildman–Crippen LogP) is 4.41. The SMILES string of the molecule is Cc1cc(C(F)(F)F)ccc1C(C)(O)CC1CCC1. The van der Waals surface area contributed by atoms with Crippen molar-refractivity contribution in [2.24, 2.45) is 5.92 Å². The molecule has 1 atom stereocenters. The van der Waals surface area contributed by atoms with Crippen LogP contribution in [0.1, 0.15) is 49.3 Å². The van der Waals surface area contributed by atoms with Crippen molar-refractivity contribution in [3.63, 3.8) is 0 Å². The van der Waals surface area contributed by atoms with Crippen LogP contribution in [-0.2, 0) is 11.8 Å². The fraction of sp³-hybridized carbons (Fsp3) is 0.600. The van der Waals surface area contributed by atoms with Crippen LogP contribution in [0.15, 0.2) is 18.2 Å². The molecule has 1 aromatic carbocycles. The molecule has 0 radical (unpaired) electrons. The Morgan fingerprint density at radius 2 is 1.89 bits per heavy atom. The fourth-order valence-electron chi connectivity index (χ4n) is 2.81. The normalized spacial score (nSPS) is 19.9. The minimum Gasteiger partial charge on any atom is -0.385 e. The highest BCUT2D eigenvalue weighted by molar-refractivity contribution is 5.36. The molecule has 1 nitrogen and oxygen atoms in total. The number of aryl methyl sites for hydroxylation is 1. The van der Waals surface area contributed by atoms with Crippen LogP contribution in [0.3, 0.4) is 0 Å². The van der Waals surface area contributed by atoms with Crippen LogP contribution in [0.2, 0.25) is 0 Å². The van der Waals surface area contributed by atoms with E-state index in [1.54, 1.807) is 13.8 Å². The molecule has 106 valence electrons. The maximum atomic E-state index is 12.6. The minimum absolute atomic E-state index is 0.497. The Morgan fingerprint density at radius 1 is 1.26 bits per heavy atom. The summed E-state index contributed by atoms with van der Waals surface area (Å²) in [6.45, 7) is 3.32. The Morgan fingerprint density at radius 3 is 2.32 bits per heavy atom. The van der Waals surface area contributed by atoms with Crippen LogP contribution in [0, 0.1) is 12.8 Å². The van der Waals surface area contributed by atoms with Gasteiger partial charge in [-0.2, -0.15) is 13.2 Å². The highest BCUT2D eigenvalue weighted by Gasteiger charge is 2.34. The van der Waals surface area contributed by atoms with Gasteiger partial charge < -0.3 is 5.11 Å². The molecule has 0 heterocycles. The summed E-state index contributed by atoms with van der Waals surface area (Å²) in [4.78, 5) is 0. The largest absolute Gasteiger partial charge is 0.416 e. The second-order valence-corrected chi connectivity index (χ2v) is 5.80. The van der Waals surface area contributed by atoms with Gasteiger partial charge in [-0.05, 0) is 49.4 Å². The van der Waals surface area contributed by atoms with Gasteiger partial charge in [-0.3, -0.25) is 0 Å². The topological polar surface area (TPSA) is 20.2 Å². The van der Waals surface area contributed by atoms with E-state index in [0.717, 1.165) is 25.0 Å². The van der Waals surface area contributed by atoms with E-state index >= 15 is 0 Å². The molecule has 1 aliphatic carbocycles. The van der Waals surface area contributed by atoms with Gasteiger partial charge in [-0.25, -0.2) is 0 Å². The molecule has 1 N–H and O–H groups in total. The molecule has 0 saturated heterocycles. The maximum Gasteiger partial charge on any atom is 0.416 e. The first-order valence-corrected chi connectivity index (χ1v) is 6.61. The zero-order valence-corrected chi connectivity index (χ0v) is 11.2. The summed E-state index contributed by atoms with van der Waals surface area (Å²) < 4.78 is 37.8. The summed E-state index contributed by atoms with van der Waals surface area (Å²) >= 11 is 0. The zero-order chi connectivity index (χ0) is 14.3. The van der Waals surface area contributed by atoms with Gasteiger partial charge in [0, 0.05) is 0 Å². The molecule has 0 bridgehead atoms. The predicted molar refractivity (Wildman–Crippen MR) is 67.7 cm³/mol. The molecule has 0 spiro atoms. The zero-order valence-electron chi connectivity index (χ0n) is 11.2. The summed E-state index contributed by atoms with van der Waals surface area (Å²) in [6, 6.07) is 3.58. The Balaban J connectivity index is 2.24. The first-order valence-electron chi connectivity index (χ1n) is 6.61. The van der Waals surface area contributed by atoms with Gasteiger partial charge in [-0.15, -0.1) is 0 Å². The van der Waals surface area contributed by atoms with Crippen molar-refractivity contribution in [1.29, 1.82) is 0 Å². The molecule has 1 unspecified atom stereocenters. The van der Waals surface area contributed by atoms with Crippen molar-refractivity contribution in [2.45, 2.75) is 51.3 Å². The Labute approximate surface area is 111 Å². The Hall–Kier alpha value is -1.03. The molecule has 1 aliphatic rings. The second-order valence-electron chi connectivity index (χ2n) is 5.80. The summed E-state index contributed by atoms with van der Waals surface area (Å²) in [5, 5.41) is 10.5. The second kappa shape index (κ2) is 4.82. The van der Waals surface area contributed by atoms with Crippen molar-refractivity contribution in [3.05, 3.63) is 34.9 Å². The van der Waals surface area contributed by atoms with Gasteiger partial charge in [0.1, 0.15) is 0 Å². The van der Waals surface area contributed by atoms with E-state index in [1.165, 1.54) is 12.5 Å². The number of aliphatic hydroxyl groups is 1. The molecule has 0 amide bonds. The Bertz CT molecular complexity index is 459. The van der Waals surface area contributed by atoms with Crippen LogP contribution in [0.25, 0.3) is 0 Å². The molecular formula is C15H19F3O. The van der Waals surface area contributed by atoms with E-state index in [0.29, 0.717) is 23.5 Å². The van der Waals surface area contributed by atoms with Gasteiger partial charge >= 0.3 is 6.18 Å². The first-order chi connectivity index (χ1) is 8.70. The number of halogens is 3. The van der Waals surface area contributed by atoms with E-state index in [2.05, 4.69) is 0 Å². The highest BCUT2D eigenvalue weighted by Crippen LogP contribution is 2.40. The highest BCUT2D eigenvalue weighted by atomic mass is 19.4. The maximum absolute atomic E-state index is 12.6. The summed E-state index contributed by atoms with van der Waals surface area (Å²) in [7, 11) is 0. The van der Waals surface area contributed by atoms with Crippen molar-refractivity contribution in [2.75, 3.05) is 0 Å². The van der Waals surface area contributed by atoms with E-state index in [-0.39, 0.29) is 0 Å². The summed E-state index contributed by atoms with van der Waals surface area (Å²) in [6.07, 6.45) is -0.305. The fourth-order valence-corrected chi connectivity index (χ4v) is 2.81. The van der Waals surface area contributed by atoms with Crippen LogP contribution in [-0.4, -0.2) is 5.11 Å². The van der Waals surface area contributed by atoms with Crippen LogP contribution in [0.4, 0.5) is 13.2 Å². The first kappa shape index (κ1) is 14.4. The van der Waals surface area contributed by atoms with Crippen molar-refractivity contribution < 1.29 is 18.3 Å².